The molecule has 37 heavy (non-hydrogen) atoms. The summed E-state index contributed by atoms with van der Waals surface area (Å²) in [4.78, 5) is 38.2. The summed E-state index contributed by atoms with van der Waals surface area (Å²) < 4.78 is 75.5. The van der Waals surface area contributed by atoms with E-state index in [1.54, 1.807) is 6.20 Å². The number of carbonyl (C=O) groups excluding carboxylic acids is 1. The van der Waals surface area contributed by atoms with Crippen LogP contribution in [0.25, 0.3) is 0 Å². The largest absolute Gasteiger partial charge is 0.490 e. The highest BCUT2D eigenvalue weighted by Crippen LogP contribution is 2.36. The fourth-order valence-electron chi connectivity index (χ4n) is 3.43. The second kappa shape index (κ2) is 13.4. The molecule has 1 amide bonds. The first-order valence-corrected chi connectivity index (χ1v) is 10.7. The summed E-state index contributed by atoms with van der Waals surface area (Å²) in [6.45, 7) is 2.50. The molecule has 0 radical (unpaired) electrons. The molecule has 0 aliphatic carbocycles. The van der Waals surface area contributed by atoms with Gasteiger partial charge in [-0.2, -0.15) is 26.3 Å². The van der Waals surface area contributed by atoms with Crippen molar-refractivity contribution in [2.75, 3.05) is 40.3 Å². The minimum absolute atomic E-state index is 0.00815. The van der Waals surface area contributed by atoms with Gasteiger partial charge in [-0.15, -0.1) is 0 Å². The molecular formula is C21H27F6N3O7. The summed E-state index contributed by atoms with van der Waals surface area (Å²) in [7, 11) is 3.83. The van der Waals surface area contributed by atoms with Crippen LogP contribution in [0.5, 0.6) is 5.88 Å². The molecule has 2 N–H and O–H groups in total. The first-order chi connectivity index (χ1) is 16.9. The number of hydrogen-bond acceptors (Lipinski definition) is 7. The number of likely N-dealkylation sites (tertiary alicyclic amines) is 1. The Bertz CT molecular complexity index is 875. The van der Waals surface area contributed by atoms with Gasteiger partial charge in [-0.25, -0.2) is 14.6 Å². The molecule has 1 aromatic heterocycles. The van der Waals surface area contributed by atoms with Crippen LogP contribution in [-0.2, 0) is 19.1 Å². The topological polar surface area (TPSA) is 130 Å². The van der Waals surface area contributed by atoms with E-state index in [0.29, 0.717) is 25.6 Å². The maximum absolute atomic E-state index is 12.3. The molecule has 2 atom stereocenters. The molecule has 210 valence electrons. The zero-order valence-electron chi connectivity index (χ0n) is 19.9. The van der Waals surface area contributed by atoms with Gasteiger partial charge in [0.05, 0.1) is 18.8 Å². The van der Waals surface area contributed by atoms with Gasteiger partial charge < -0.3 is 29.5 Å². The maximum Gasteiger partial charge on any atom is 0.490 e. The van der Waals surface area contributed by atoms with E-state index in [1.807, 2.05) is 42.1 Å². The molecule has 0 unspecified atom stereocenters. The standard InChI is InChI=1S/C17H25N3O3.2C2HF3O2/c1-19(2)11-16(21)20-9-5-7-17(13-20)10-14(12-22-17)23-15-6-3-4-8-18-15;2*3-2(4,5)1(6)7/h3-4,6,8,14H,5,7,9-13H2,1-2H3;2*(H,6,7)/t14-,17-;;/m0../s1. The Morgan fingerprint density at radius 2 is 1.70 bits per heavy atom. The lowest BCUT2D eigenvalue weighted by atomic mass is 9.89. The highest BCUT2D eigenvalue weighted by molar-refractivity contribution is 5.78. The van der Waals surface area contributed by atoms with Crippen molar-refractivity contribution in [2.24, 2.45) is 0 Å². The van der Waals surface area contributed by atoms with Gasteiger partial charge in [0.2, 0.25) is 11.8 Å². The van der Waals surface area contributed by atoms with Crippen molar-refractivity contribution < 1.29 is 60.4 Å². The lowest BCUT2D eigenvalue weighted by Crippen LogP contribution is -2.52. The third-order valence-corrected chi connectivity index (χ3v) is 4.93. The van der Waals surface area contributed by atoms with Crippen LogP contribution in [0.2, 0.25) is 0 Å². The lowest BCUT2D eigenvalue weighted by molar-refractivity contribution is -0.193. The number of carboxylic acids is 2. The molecule has 16 heteroatoms. The van der Waals surface area contributed by atoms with E-state index in [-0.39, 0.29) is 17.6 Å². The summed E-state index contributed by atoms with van der Waals surface area (Å²) in [5, 5.41) is 14.2. The lowest BCUT2D eigenvalue weighted by Gasteiger charge is -2.40. The molecule has 2 fully saturated rings. The average Bonchev–Trinajstić information content (AvgIpc) is 3.14. The molecule has 0 saturated carbocycles. The Balaban J connectivity index is 0.000000404. The van der Waals surface area contributed by atoms with Crippen molar-refractivity contribution in [3.8, 4) is 5.88 Å². The number of amides is 1. The first kappa shape index (κ1) is 31.9. The van der Waals surface area contributed by atoms with Crippen molar-refractivity contribution in [1.29, 1.82) is 0 Å². The van der Waals surface area contributed by atoms with Gasteiger partial charge in [0, 0.05) is 31.8 Å². The summed E-state index contributed by atoms with van der Waals surface area (Å²) in [5.41, 5.74) is -0.250. The molecule has 1 spiro atoms. The van der Waals surface area contributed by atoms with Gasteiger partial charge in [-0.3, -0.25) is 4.79 Å². The molecule has 2 aliphatic rings. The number of nitrogens with zero attached hydrogens (tertiary/aromatic N) is 3. The van der Waals surface area contributed by atoms with Crippen LogP contribution in [0, 0.1) is 0 Å². The Hall–Kier alpha value is -3.14. The van der Waals surface area contributed by atoms with Gasteiger partial charge in [0.15, 0.2) is 0 Å². The number of aromatic nitrogens is 1. The van der Waals surface area contributed by atoms with E-state index < -0.39 is 24.3 Å². The molecule has 3 heterocycles. The summed E-state index contributed by atoms with van der Waals surface area (Å²) in [6, 6.07) is 5.64. The molecule has 2 saturated heterocycles. The highest BCUT2D eigenvalue weighted by atomic mass is 19.4. The van der Waals surface area contributed by atoms with E-state index in [2.05, 4.69) is 4.98 Å². The number of carbonyl (C=O) groups is 3. The smallest absolute Gasteiger partial charge is 0.475 e. The Kier molecular flexibility index (Phi) is 11.6. The SMILES string of the molecule is CN(C)CC(=O)N1CCC[C@]2(C[C@H](Oc3ccccn3)CO2)C1.O=C(O)C(F)(F)F.O=C(O)C(F)(F)F. The first-order valence-electron chi connectivity index (χ1n) is 10.7. The Morgan fingerprint density at radius 1 is 1.14 bits per heavy atom. The third kappa shape index (κ3) is 11.6. The normalized spacial score (nSPS) is 21.4. The second-order valence-electron chi connectivity index (χ2n) is 8.37. The highest BCUT2D eigenvalue weighted by Gasteiger charge is 2.45. The number of pyridine rings is 1. The zero-order chi connectivity index (χ0) is 28.4. The van der Waals surface area contributed by atoms with E-state index >= 15 is 0 Å². The monoisotopic (exact) mass is 547 g/mol. The molecule has 3 rings (SSSR count). The van der Waals surface area contributed by atoms with Crippen LogP contribution >= 0.6 is 0 Å². The molecule has 0 bridgehead atoms. The predicted octanol–water partition coefficient (Wildman–Crippen LogP) is 2.44. The minimum Gasteiger partial charge on any atom is -0.475 e. The van der Waals surface area contributed by atoms with Crippen LogP contribution in [0.3, 0.4) is 0 Å². The van der Waals surface area contributed by atoms with Gasteiger partial charge in [0.1, 0.15) is 6.10 Å². The average molecular weight is 547 g/mol. The van der Waals surface area contributed by atoms with Gasteiger partial charge in [0.25, 0.3) is 0 Å². The molecule has 0 aromatic carbocycles. The minimum atomic E-state index is -5.08. The van der Waals surface area contributed by atoms with Gasteiger partial charge >= 0.3 is 24.3 Å². The van der Waals surface area contributed by atoms with Crippen LogP contribution in [0.4, 0.5) is 26.3 Å². The number of halogens is 6. The zero-order valence-corrected chi connectivity index (χ0v) is 19.9. The van der Waals surface area contributed by atoms with Crippen LogP contribution in [0.15, 0.2) is 24.4 Å². The molecule has 2 aliphatic heterocycles. The quantitative estimate of drug-likeness (QED) is 0.546. The Labute approximate surface area is 207 Å². The molecule has 1 aromatic rings. The van der Waals surface area contributed by atoms with Crippen molar-refractivity contribution in [3.63, 3.8) is 0 Å². The summed E-state index contributed by atoms with van der Waals surface area (Å²) >= 11 is 0. The maximum atomic E-state index is 12.3. The van der Waals surface area contributed by atoms with Gasteiger partial charge in [-0.1, -0.05) is 6.07 Å². The fraction of sp³-hybridized carbons (Fsp3) is 0.619. The predicted molar refractivity (Wildman–Crippen MR) is 114 cm³/mol. The van der Waals surface area contributed by atoms with Crippen molar-refractivity contribution in [1.82, 2.24) is 14.8 Å². The third-order valence-electron chi connectivity index (χ3n) is 4.93. The molecule has 10 nitrogen and oxygen atoms in total. The van der Waals surface area contributed by atoms with E-state index in [0.717, 1.165) is 25.8 Å². The fourth-order valence-corrected chi connectivity index (χ4v) is 3.43. The number of alkyl halides is 6. The van der Waals surface area contributed by atoms with Crippen LogP contribution < -0.4 is 4.74 Å². The number of ether oxygens (including phenoxy) is 2. The summed E-state index contributed by atoms with van der Waals surface area (Å²) in [5.74, 6) is -4.71. The number of aliphatic carboxylic acids is 2. The van der Waals surface area contributed by atoms with Crippen molar-refractivity contribution in [3.05, 3.63) is 24.4 Å². The number of piperidine rings is 1. The van der Waals surface area contributed by atoms with Crippen molar-refractivity contribution in [2.45, 2.75) is 43.3 Å². The van der Waals surface area contributed by atoms with E-state index in [9.17, 15) is 31.1 Å². The number of carboxylic acid groups (broad SMARTS) is 2. The van der Waals surface area contributed by atoms with Crippen LogP contribution in [-0.4, -0.2) is 107 Å². The van der Waals surface area contributed by atoms with E-state index in [1.165, 1.54) is 0 Å². The van der Waals surface area contributed by atoms with Crippen molar-refractivity contribution >= 4 is 17.8 Å². The number of likely N-dealkylation sites (N-methyl/N-ethyl adjacent to an activating group) is 1. The van der Waals surface area contributed by atoms with Gasteiger partial charge in [-0.05, 0) is 33.0 Å². The van der Waals surface area contributed by atoms with E-state index in [4.69, 9.17) is 29.3 Å². The van der Waals surface area contributed by atoms with Crippen LogP contribution in [0.1, 0.15) is 19.3 Å². The molecular weight excluding hydrogens is 520 g/mol. The Morgan fingerprint density at radius 3 is 2.16 bits per heavy atom. The second-order valence-corrected chi connectivity index (χ2v) is 8.37. The number of hydrogen-bond donors (Lipinski definition) is 2. The number of rotatable bonds is 4. The summed E-state index contributed by atoms with van der Waals surface area (Å²) in [6.07, 6.45) is -5.65.